The van der Waals surface area contributed by atoms with E-state index >= 15 is 0 Å². The summed E-state index contributed by atoms with van der Waals surface area (Å²) in [7, 11) is 0. The summed E-state index contributed by atoms with van der Waals surface area (Å²) in [5, 5.41) is 21.4. The lowest BCUT2D eigenvalue weighted by atomic mass is 9.74. The molecule has 0 aromatic heterocycles. The molecule has 7 heteroatoms. The molecule has 0 saturated carbocycles. The third kappa shape index (κ3) is 3.06. The molecule has 0 spiro atoms. The van der Waals surface area contributed by atoms with Crippen molar-refractivity contribution in [1.82, 2.24) is 0 Å². The first-order valence-electron chi connectivity index (χ1n) is 10.1. The van der Waals surface area contributed by atoms with Crippen molar-refractivity contribution in [2.75, 3.05) is 0 Å². The lowest BCUT2D eigenvalue weighted by Crippen LogP contribution is -2.36. The van der Waals surface area contributed by atoms with Gasteiger partial charge in [0.1, 0.15) is 17.4 Å². The van der Waals surface area contributed by atoms with Gasteiger partial charge in [-0.25, -0.2) is 0 Å². The number of hydrogen-bond acceptors (Lipinski definition) is 6. The molecule has 1 heterocycles. The first kappa shape index (κ1) is 19.7. The Balaban J connectivity index is 1.69. The Hall–Kier alpha value is -4.26. The van der Waals surface area contributed by atoms with Crippen LogP contribution in [0.1, 0.15) is 33.0 Å². The zero-order valence-electron chi connectivity index (χ0n) is 16.7. The molecule has 7 nitrogen and oxygen atoms in total. The van der Waals surface area contributed by atoms with Gasteiger partial charge in [0.05, 0.1) is 10.5 Å². The summed E-state index contributed by atoms with van der Waals surface area (Å²) in [6.45, 7) is 0. The Morgan fingerprint density at radius 2 is 1.69 bits per heavy atom. The summed E-state index contributed by atoms with van der Waals surface area (Å²) in [4.78, 5) is 37.2. The Bertz CT molecular complexity index is 1310. The monoisotopic (exact) mass is 427 g/mol. The van der Waals surface area contributed by atoms with Crippen LogP contribution in [-0.2, 0) is 16.0 Å². The molecule has 32 heavy (non-hydrogen) atoms. The first-order valence-corrected chi connectivity index (χ1v) is 10.1. The number of benzene rings is 3. The fraction of sp³-hybridized carbons (Fsp3) is 0.120. The van der Waals surface area contributed by atoms with Crippen molar-refractivity contribution in [2.45, 2.75) is 12.3 Å². The van der Waals surface area contributed by atoms with Gasteiger partial charge in [0.2, 0.25) is 0 Å². The van der Waals surface area contributed by atoms with Crippen molar-refractivity contribution >= 4 is 23.0 Å². The number of carbonyl (C=O) groups is 2. The smallest absolute Gasteiger partial charge is 0.322 e. The van der Waals surface area contributed by atoms with Crippen molar-refractivity contribution in [1.29, 1.82) is 0 Å². The summed E-state index contributed by atoms with van der Waals surface area (Å²) in [5.74, 6) is -2.95. The number of phenols is 1. The number of allylic oxidation sites excluding steroid dienone is 2. The molecule has 3 aromatic rings. The molecular weight excluding hydrogens is 410 g/mol. The van der Waals surface area contributed by atoms with Crippen LogP contribution < -0.4 is 0 Å². The number of fused-ring (bicyclic) bond motifs is 2. The number of aromatic hydroxyl groups is 1. The van der Waals surface area contributed by atoms with Gasteiger partial charge in [-0.1, -0.05) is 48.5 Å². The molecule has 1 aliphatic carbocycles. The highest BCUT2D eigenvalue weighted by Crippen LogP contribution is 2.50. The molecule has 2 aliphatic rings. The minimum atomic E-state index is -1.24. The summed E-state index contributed by atoms with van der Waals surface area (Å²) < 4.78 is 5.63. The highest BCUT2D eigenvalue weighted by atomic mass is 16.6. The number of para-hydroxylation sites is 1. The number of nitro groups is 1. The van der Waals surface area contributed by atoms with Gasteiger partial charge in [-0.05, 0) is 28.8 Å². The lowest BCUT2D eigenvalue weighted by molar-refractivity contribution is -0.384. The average molecular weight is 427 g/mol. The minimum absolute atomic E-state index is 0.0247. The number of ketones is 1. The van der Waals surface area contributed by atoms with Gasteiger partial charge in [-0.3, -0.25) is 19.7 Å². The van der Waals surface area contributed by atoms with E-state index in [0.717, 1.165) is 16.7 Å². The van der Waals surface area contributed by atoms with Gasteiger partial charge in [0, 0.05) is 30.0 Å². The fourth-order valence-electron chi connectivity index (χ4n) is 4.55. The van der Waals surface area contributed by atoms with Crippen molar-refractivity contribution in [3.63, 3.8) is 0 Å². The molecule has 0 bridgehead atoms. The number of hydrogen-bond donors (Lipinski definition) is 1. The standard InChI is InChI=1S/C25H17NO6/c27-19-8-4-3-7-18(19)24(28)23-21(14-9-11-16(12-10-14)26(30)31)22-17-6-2-1-5-15(17)13-20(22)32-25(23)29/h1-12,21,23,27H,13H2. The second kappa shape index (κ2) is 7.46. The van der Waals surface area contributed by atoms with Gasteiger partial charge < -0.3 is 9.84 Å². The van der Waals surface area contributed by atoms with Crippen LogP contribution in [0.5, 0.6) is 5.75 Å². The second-order valence-corrected chi connectivity index (χ2v) is 7.78. The predicted octanol–water partition coefficient (Wildman–Crippen LogP) is 4.41. The number of non-ortho nitro benzene ring substituents is 1. The van der Waals surface area contributed by atoms with Crippen LogP contribution >= 0.6 is 0 Å². The topological polar surface area (TPSA) is 107 Å². The minimum Gasteiger partial charge on any atom is -0.507 e. The molecule has 5 rings (SSSR count). The Morgan fingerprint density at radius 1 is 1.00 bits per heavy atom. The van der Waals surface area contributed by atoms with Gasteiger partial charge in [-0.15, -0.1) is 0 Å². The maximum Gasteiger partial charge on any atom is 0.322 e. The van der Waals surface area contributed by atoms with Crippen LogP contribution in [0.2, 0.25) is 0 Å². The Kier molecular flexibility index (Phi) is 4.59. The van der Waals surface area contributed by atoms with E-state index in [1.54, 1.807) is 24.3 Å². The molecule has 2 atom stereocenters. The average Bonchev–Trinajstić information content (AvgIpc) is 3.16. The fourth-order valence-corrected chi connectivity index (χ4v) is 4.55. The maximum atomic E-state index is 13.5. The van der Waals surface area contributed by atoms with E-state index in [-0.39, 0.29) is 17.0 Å². The van der Waals surface area contributed by atoms with E-state index in [2.05, 4.69) is 0 Å². The molecule has 0 radical (unpaired) electrons. The van der Waals surface area contributed by atoms with Crippen molar-refractivity contribution < 1.29 is 24.4 Å². The molecule has 3 aromatic carbocycles. The van der Waals surface area contributed by atoms with E-state index in [1.165, 1.54) is 24.3 Å². The van der Waals surface area contributed by atoms with Crippen molar-refractivity contribution in [2.24, 2.45) is 5.92 Å². The van der Waals surface area contributed by atoms with Crippen molar-refractivity contribution in [3.8, 4) is 5.75 Å². The van der Waals surface area contributed by atoms with E-state index in [0.29, 0.717) is 17.7 Å². The number of ether oxygens (including phenoxy) is 1. The van der Waals surface area contributed by atoms with Crippen LogP contribution in [0.25, 0.3) is 5.57 Å². The number of nitrogens with zero attached hydrogens (tertiary/aromatic N) is 1. The zero-order chi connectivity index (χ0) is 22.4. The lowest BCUT2D eigenvalue weighted by Gasteiger charge is -2.31. The van der Waals surface area contributed by atoms with E-state index < -0.39 is 28.5 Å². The number of rotatable bonds is 4. The molecule has 2 unspecified atom stereocenters. The Labute approximate surface area is 182 Å². The van der Waals surface area contributed by atoms with Crippen LogP contribution in [-0.4, -0.2) is 21.8 Å². The van der Waals surface area contributed by atoms with Crippen LogP contribution in [0.15, 0.2) is 78.6 Å². The highest BCUT2D eigenvalue weighted by molar-refractivity contribution is 6.13. The molecule has 158 valence electrons. The quantitative estimate of drug-likeness (QED) is 0.217. The van der Waals surface area contributed by atoms with Gasteiger partial charge >= 0.3 is 5.97 Å². The second-order valence-electron chi connectivity index (χ2n) is 7.78. The van der Waals surface area contributed by atoms with E-state index in [4.69, 9.17) is 4.74 Å². The van der Waals surface area contributed by atoms with Crippen LogP contribution in [0.4, 0.5) is 5.69 Å². The highest BCUT2D eigenvalue weighted by Gasteiger charge is 2.47. The third-order valence-electron chi connectivity index (χ3n) is 6.00. The van der Waals surface area contributed by atoms with Crippen LogP contribution in [0.3, 0.4) is 0 Å². The number of nitro benzene ring substituents is 1. The normalized spacial score (nSPS) is 19.2. The number of phenolic OH excluding ortho intramolecular Hbond substituents is 1. The van der Waals surface area contributed by atoms with Crippen molar-refractivity contribution in [3.05, 3.63) is 111 Å². The van der Waals surface area contributed by atoms with Crippen LogP contribution in [0, 0.1) is 16.0 Å². The molecule has 0 saturated heterocycles. The molecule has 1 N–H and O–H groups in total. The summed E-state index contributed by atoms with van der Waals surface area (Å²) >= 11 is 0. The maximum absolute atomic E-state index is 13.5. The molecule has 0 fully saturated rings. The number of esters is 1. The largest absolute Gasteiger partial charge is 0.507 e. The third-order valence-corrected chi connectivity index (χ3v) is 6.00. The first-order chi connectivity index (χ1) is 15.5. The molecular formula is C25H17NO6. The zero-order valence-corrected chi connectivity index (χ0v) is 16.7. The summed E-state index contributed by atoms with van der Waals surface area (Å²) in [6, 6.07) is 19.5. The summed E-state index contributed by atoms with van der Waals surface area (Å²) in [5.41, 5.74) is 3.11. The van der Waals surface area contributed by atoms with E-state index in [1.807, 2.05) is 24.3 Å². The number of carbonyl (C=O) groups excluding carboxylic acids is 2. The van der Waals surface area contributed by atoms with Gasteiger partial charge in [0.25, 0.3) is 5.69 Å². The van der Waals surface area contributed by atoms with Gasteiger partial charge in [-0.2, -0.15) is 0 Å². The predicted molar refractivity (Wildman–Crippen MR) is 115 cm³/mol. The molecule has 0 amide bonds. The number of Topliss-reactive ketones (excluding diaryl/α,β-unsaturated/α-hetero) is 1. The Morgan fingerprint density at radius 3 is 2.41 bits per heavy atom. The SMILES string of the molecule is O=C1OC2=C(c3ccccc3C2)C(c2ccc([N+](=O)[O-])cc2)C1C(=O)c1ccccc1O. The van der Waals surface area contributed by atoms with E-state index in [9.17, 15) is 24.8 Å². The summed E-state index contributed by atoms with van der Waals surface area (Å²) in [6.07, 6.45) is 0.429. The van der Waals surface area contributed by atoms with Gasteiger partial charge in [0.15, 0.2) is 5.78 Å². The molecule has 1 aliphatic heterocycles.